The number of benzene rings is 1. The largest absolute Gasteiger partial charge is 0.337 e. The molecular formula is C20H23N5O. The van der Waals surface area contributed by atoms with E-state index in [2.05, 4.69) is 21.2 Å². The first kappa shape index (κ1) is 16.7. The molecule has 3 heterocycles. The van der Waals surface area contributed by atoms with Crippen LogP contribution in [0.1, 0.15) is 22.3 Å². The molecule has 6 nitrogen and oxygen atoms in total. The molecule has 1 aromatic carbocycles. The molecule has 0 unspecified atom stereocenters. The van der Waals surface area contributed by atoms with Crippen LogP contribution in [0.25, 0.3) is 10.9 Å². The van der Waals surface area contributed by atoms with Crippen LogP contribution in [0.2, 0.25) is 0 Å². The summed E-state index contributed by atoms with van der Waals surface area (Å²) < 4.78 is 1.83. The highest BCUT2D eigenvalue weighted by molar-refractivity contribution is 6.06. The molecule has 134 valence electrons. The lowest BCUT2D eigenvalue weighted by atomic mass is 10.1. The van der Waals surface area contributed by atoms with Crippen LogP contribution in [-0.2, 0) is 13.6 Å². The fourth-order valence-corrected chi connectivity index (χ4v) is 3.60. The minimum absolute atomic E-state index is 0.104. The summed E-state index contributed by atoms with van der Waals surface area (Å²) in [4.78, 5) is 21.8. The van der Waals surface area contributed by atoms with Gasteiger partial charge in [0.2, 0.25) is 0 Å². The van der Waals surface area contributed by atoms with Crippen molar-refractivity contribution in [2.24, 2.45) is 7.05 Å². The minimum Gasteiger partial charge on any atom is -0.337 e. The Morgan fingerprint density at radius 2 is 2.04 bits per heavy atom. The Hall–Kier alpha value is -2.73. The maximum absolute atomic E-state index is 13.1. The van der Waals surface area contributed by atoms with Gasteiger partial charge in [0, 0.05) is 68.7 Å². The molecule has 6 heteroatoms. The first-order valence-corrected chi connectivity index (χ1v) is 9.03. The molecule has 0 spiro atoms. The first-order valence-electron chi connectivity index (χ1n) is 9.03. The molecule has 0 radical (unpaired) electrons. The predicted molar refractivity (Wildman–Crippen MR) is 101 cm³/mol. The van der Waals surface area contributed by atoms with Gasteiger partial charge in [-0.1, -0.05) is 12.1 Å². The number of aryl methyl sites for hydroxylation is 1. The summed E-state index contributed by atoms with van der Waals surface area (Å²) in [5, 5.41) is 5.16. The fraction of sp³-hybridized carbons (Fsp3) is 0.350. The van der Waals surface area contributed by atoms with Gasteiger partial charge in [0.05, 0.1) is 11.7 Å². The first-order chi connectivity index (χ1) is 12.7. The average molecular weight is 349 g/mol. The van der Waals surface area contributed by atoms with E-state index in [0.717, 1.165) is 55.6 Å². The van der Waals surface area contributed by atoms with Gasteiger partial charge in [-0.15, -0.1) is 0 Å². The highest BCUT2D eigenvalue weighted by Crippen LogP contribution is 2.19. The zero-order chi connectivity index (χ0) is 17.9. The van der Waals surface area contributed by atoms with E-state index in [1.54, 1.807) is 6.20 Å². The predicted octanol–water partition coefficient (Wildman–Crippen LogP) is 2.32. The number of carbonyl (C=O) groups is 1. The molecule has 1 amide bonds. The lowest BCUT2D eigenvalue weighted by Crippen LogP contribution is -2.35. The van der Waals surface area contributed by atoms with Crippen LogP contribution >= 0.6 is 0 Å². The molecule has 0 saturated carbocycles. The number of pyridine rings is 1. The summed E-state index contributed by atoms with van der Waals surface area (Å²) in [7, 11) is 1.94. The standard InChI is InChI=1S/C20H23N5O/c1-23-14-16(13-22-23)15-24-9-4-10-25(12-11-24)20(26)18-5-2-7-19-17(18)6-3-8-21-19/h2-3,5-8,13-14H,4,9-12,15H2,1H3. The Balaban J connectivity index is 1.47. The number of nitrogens with zero attached hydrogens (tertiary/aromatic N) is 5. The Bertz CT molecular complexity index is 914. The van der Waals surface area contributed by atoms with E-state index in [9.17, 15) is 4.79 Å². The number of carbonyl (C=O) groups excluding carboxylic acids is 1. The molecule has 1 aliphatic rings. The monoisotopic (exact) mass is 349 g/mol. The summed E-state index contributed by atoms with van der Waals surface area (Å²) in [6.07, 6.45) is 6.71. The van der Waals surface area contributed by atoms with E-state index in [1.807, 2.05) is 53.2 Å². The van der Waals surface area contributed by atoms with Crippen molar-refractivity contribution in [1.82, 2.24) is 24.6 Å². The second-order valence-corrected chi connectivity index (χ2v) is 6.82. The van der Waals surface area contributed by atoms with Gasteiger partial charge in [0.1, 0.15) is 0 Å². The highest BCUT2D eigenvalue weighted by atomic mass is 16.2. The molecule has 0 atom stereocenters. The van der Waals surface area contributed by atoms with E-state index >= 15 is 0 Å². The SMILES string of the molecule is Cn1cc(CN2CCCN(C(=O)c3cccc4ncccc34)CC2)cn1. The number of hydrogen-bond donors (Lipinski definition) is 0. The highest BCUT2D eigenvalue weighted by Gasteiger charge is 2.22. The summed E-state index contributed by atoms with van der Waals surface area (Å²) in [5.41, 5.74) is 2.83. The van der Waals surface area contributed by atoms with Crippen molar-refractivity contribution in [1.29, 1.82) is 0 Å². The van der Waals surface area contributed by atoms with Crippen LogP contribution in [0.5, 0.6) is 0 Å². The van der Waals surface area contributed by atoms with Gasteiger partial charge in [0.15, 0.2) is 0 Å². The van der Waals surface area contributed by atoms with E-state index in [-0.39, 0.29) is 5.91 Å². The molecule has 1 saturated heterocycles. The van der Waals surface area contributed by atoms with Crippen LogP contribution in [0.4, 0.5) is 0 Å². The number of amides is 1. The van der Waals surface area contributed by atoms with Gasteiger partial charge < -0.3 is 4.90 Å². The minimum atomic E-state index is 0.104. The summed E-state index contributed by atoms with van der Waals surface area (Å²) >= 11 is 0. The molecule has 2 aromatic heterocycles. The van der Waals surface area contributed by atoms with Crippen LogP contribution in [-0.4, -0.2) is 56.7 Å². The zero-order valence-electron chi connectivity index (χ0n) is 15.0. The van der Waals surface area contributed by atoms with Crippen LogP contribution < -0.4 is 0 Å². The van der Waals surface area contributed by atoms with Crippen molar-refractivity contribution in [2.75, 3.05) is 26.2 Å². The van der Waals surface area contributed by atoms with Crippen molar-refractivity contribution in [3.63, 3.8) is 0 Å². The second-order valence-electron chi connectivity index (χ2n) is 6.82. The van der Waals surface area contributed by atoms with Crippen LogP contribution in [0, 0.1) is 0 Å². The summed E-state index contributed by atoms with van der Waals surface area (Å²) in [5.74, 6) is 0.104. The molecule has 4 rings (SSSR count). The quantitative estimate of drug-likeness (QED) is 0.728. The number of aromatic nitrogens is 3. The van der Waals surface area contributed by atoms with Crippen molar-refractivity contribution in [2.45, 2.75) is 13.0 Å². The third-order valence-electron chi connectivity index (χ3n) is 4.92. The molecular weight excluding hydrogens is 326 g/mol. The smallest absolute Gasteiger partial charge is 0.254 e. The Morgan fingerprint density at radius 3 is 2.88 bits per heavy atom. The lowest BCUT2D eigenvalue weighted by molar-refractivity contribution is 0.0763. The maximum atomic E-state index is 13.1. The summed E-state index contributed by atoms with van der Waals surface area (Å²) in [6, 6.07) is 9.63. The number of hydrogen-bond acceptors (Lipinski definition) is 4. The maximum Gasteiger partial charge on any atom is 0.254 e. The molecule has 1 aliphatic heterocycles. The molecule has 0 N–H and O–H groups in total. The van der Waals surface area contributed by atoms with Gasteiger partial charge in [-0.3, -0.25) is 19.4 Å². The van der Waals surface area contributed by atoms with Crippen LogP contribution in [0.3, 0.4) is 0 Å². The number of rotatable bonds is 3. The Morgan fingerprint density at radius 1 is 1.12 bits per heavy atom. The zero-order valence-corrected chi connectivity index (χ0v) is 15.0. The van der Waals surface area contributed by atoms with Crippen molar-refractivity contribution in [3.8, 4) is 0 Å². The summed E-state index contributed by atoms with van der Waals surface area (Å²) in [6.45, 7) is 4.29. The van der Waals surface area contributed by atoms with E-state index in [1.165, 1.54) is 5.56 Å². The van der Waals surface area contributed by atoms with Crippen molar-refractivity contribution >= 4 is 16.8 Å². The molecule has 3 aromatic rings. The van der Waals surface area contributed by atoms with Gasteiger partial charge in [-0.05, 0) is 24.6 Å². The Kier molecular flexibility index (Phi) is 4.67. The third-order valence-corrected chi connectivity index (χ3v) is 4.92. The van der Waals surface area contributed by atoms with E-state index in [4.69, 9.17) is 0 Å². The van der Waals surface area contributed by atoms with Crippen molar-refractivity contribution < 1.29 is 4.79 Å². The van der Waals surface area contributed by atoms with E-state index in [0.29, 0.717) is 0 Å². The average Bonchev–Trinajstić information content (AvgIpc) is 2.93. The molecule has 0 bridgehead atoms. The topological polar surface area (TPSA) is 54.3 Å². The fourth-order valence-electron chi connectivity index (χ4n) is 3.60. The third kappa shape index (κ3) is 3.46. The molecule has 0 aliphatic carbocycles. The number of fused-ring (bicyclic) bond motifs is 1. The van der Waals surface area contributed by atoms with Gasteiger partial charge in [0.25, 0.3) is 5.91 Å². The normalized spacial score (nSPS) is 16.0. The van der Waals surface area contributed by atoms with E-state index < -0.39 is 0 Å². The molecule has 26 heavy (non-hydrogen) atoms. The Labute approximate surface area is 153 Å². The van der Waals surface area contributed by atoms with Gasteiger partial charge in [-0.2, -0.15) is 5.10 Å². The van der Waals surface area contributed by atoms with Gasteiger partial charge in [-0.25, -0.2) is 0 Å². The van der Waals surface area contributed by atoms with Crippen LogP contribution in [0.15, 0.2) is 48.9 Å². The second kappa shape index (κ2) is 7.25. The van der Waals surface area contributed by atoms with Crippen molar-refractivity contribution in [3.05, 3.63) is 60.0 Å². The lowest BCUT2D eigenvalue weighted by Gasteiger charge is -2.22. The molecule has 1 fully saturated rings. The van der Waals surface area contributed by atoms with Gasteiger partial charge >= 0.3 is 0 Å².